The van der Waals surface area contributed by atoms with Gasteiger partial charge in [-0.05, 0) is 42.5 Å². The summed E-state index contributed by atoms with van der Waals surface area (Å²) in [6.07, 6.45) is 3.19. The van der Waals surface area contributed by atoms with E-state index in [9.17, 15) is 18.0 Å². The van der Waals surface area contributed by atoms with E-state index in [-0.39, 0.29) is 43.3 Å². The number of hydrogen-bond acceptors (Lipinski definition) is 5. The Labute approximate surface area is 171 Å². The molecule has 0 saturated carbocycles. The normalized spacial score (nSPS) is 22.6. The van der Waals surface area contributed by atoms with Crippen molar-refractivity contribution in [3.63, 3.8) is 0 Å². The van der Waals surface area contributed by atoms with Gasteiger partial charge in [0, 0.05) is 39.7 Å². The maximum atomic E-state index is 12.9. The molecule has 1 N–H and O–H groups in total. The van der Waals surface area contributed by atoms with Crippen LogP contribution in [0.5, 0.6) is 0 Å². The lowest BCUT2D eigenvalue weighted by Gasteiger charge is -2.43. The van der Waals surface area contributed by atoms with E-state index < -0.39 is 10.0 Å². The van der Waals surface area contributed by atoms with Gasteiger partial charge in [0.05, 0.1) is 23.5 Å². The van der Waals surface area contributed by atoms with E-state index in [1.54, 1.807) is 24.1 Å². The first-order chi connectivity index (χ1) is 13.9. The van der Waals surface area contributed by atoms with Crippen LogP contribution in [0.3, 0.4) is 0 Å². The summed E-state index contributed by atoms with van der Waals surface area (Å²) >= 11 is 0. The summed E-state index contributed by atoms with van der Waals surface area (Å²) in [7, 11) is -1.98. The van der Waals surface area contributed by atoms with Gasteiger partial charge in [-0.3, -0.25) is 9.59 Å². The van der Waals surface area contributed by atoms with Crippen molar-refractivity contribution in [2.75, 3.05) is 39.9 Å². The molecule has 0 radical (unpaired) electrons. The van der Waals surface area contributed by atoms with Crippen molar-refractivity contribution in [1.29, 1.82) is 0 Å². The van der Waals surface area contributed by atoms with Crippen LogP contribution in [0.2, 0.25) is 0 Å². The molecular formula is C20H27N3O5S. The molecule has 2 fully saturated rings. The molecule has 3 aliphatic rings. The zero-order valence-electron chi connectivity index (χ0n) is 16.6. The monoisotopic (exact) mass is 421 g/mol. The van der Waals surface area contributed by atoms with Gasteiger partial charge in [0.15, 0.2) is 0 Å². The Morgan fingerprint density at radius 2 is 1.97 bits per heavy atom. The van der Waals surface area contributed by atoms with Gasteiger partial charge in [0.25, 0.3) is 0 Å². The van der Waals surface area contributed by atoms with Gasteiger partial charge in [0.1, 0.15) is 0 Å². The smallest absolute Gasteiger partial charge is 0.243 e. The first-order valence-corrected chi connectivity index (χ1v) is 11.5. The minimum Gasteiger partial charge on any atom is -0.383 e. The number of likely N-dealkylation sites (tertiary alicyclic amines) is 1. The number of nitrogens with zero attached hydrogens (tertiary/aromatic N) is 2. The first kappa shape index (κ1) is 20.3. The van der Waals surface area contributed by atoms with E-state index in [1.165, 1.54) is 9.87 Å². The number of ether oxygens (including phenoxy) is 1. The van der Waals surface area contributed by atoms with E-state index >= 15 is 0 Å². The van der Waals surface area contributed by atoms with Crippen LogP contribution in [-0.2, 0) is 37.2 Å². The highest BCUT2D eigenvalue weighted by atomic mass is 32.2. The molecule has 1 unspecified atom stereocenters. The number of carbonyl (C=O) groups excluding carboxylic acids is 2. The molecule has 2 heterocycles. The Morgan fingerprint density at radius 1 is 1.21 bits per heavy atom. The van der Waals surface area contributed by atoms with Crippen LogP contribution in [0.1, 0.15) is 24.0 Å². The molecule has 0 spiro atoms. The van der Waals surface area contributed by atoms with Gasteiger partial charge in [0.2, 0.25) is 21.8 Å². The number of fused-ring (bicyclic) bond motifs is 1. The van der Waals surface area contributed by atoms with Gasteiger partial charge in [-0.15, -0.1) is 0 Å². The zero-order valence-corrected chi connectivity index (χ0v) is 17.4. The topological polar surface area (TPSA) is 96.0 Å². The number of amides is 2. The minimum absolute atomic E-state index is 0.0866. The summed E-state index contributed by atoms with van der Waals surface area (Å²) in [6.45, 7) is 1.74. The van der Waals surface area contributed by atoms with Gasteiger partial charge < -0.3 is 15.0 Å². The highest BCUT2D eigenvalue weighted by Gasteiger charge is 2.45. The number of hydrogen-bond donors (Lipinski definition) is 1. The number of rotatable bonds is 7. The molecule has 1 atom stereocenters. The third-order valence-corrected chi connectivity index (χ3v) is 7.94. The molecule has 2 saturated heterocycles. The van der Waals surface area contributed by atoms with Crippen molar-refractivity contribution >= 4 is 21.8 Å². The van der Waals surface area contributed by atoms with Crippen LogP contribution in [0.15, 0.2) is 23.1 Å². The van der Waals surface area contributed by atoms with Crippen LogP contribution in [0.25, 0.3) is 0 Å². The molecule has 8 nitrogen and oxygen atoms in total. The Kier molecular flexibility index (Phi) is 5.63. The predicted molar refractivity (Wildman–Crippen MR) is 106 cm³/mol. The quantitative estimate of drug-likeness (QED) is 0.633. The van der Waals surface area contributed by atoms with Crippen LogP contribution >= 0.6 is 0 Å². The molecule has 29 heavy (non-hydrogen) atoms. The maximum Gasteiger partial charge on any atom is 0.243 e. The first-order valence-electron chi connectivity index (χ1n) is 10.1. The maximum absolute atomic E-state index is 12.9. The average Bonchev–Trinajstić information content (AvgIpc) is 3.27. The lowest BCUT2D eigenvalue weighted by atomic mass is 10.1. The molecule has 0 aromatic heterocycles. The summed E-state index contributed by atoms with van der Waals surface area (Å²) in [5.74, 6) is -0.627. The Morgan fingerprint density at radius 3 is 2.72 bits per heavy atom. The molecule has 2 aliphatic heterocycles. The highest BCUT2D eigenvalue weighted by molar-refractivity contribution is 7.89. The van der Waals surface area contributed by atoms with Gasteiger partial charge in [-0.1, -0.05) is 6.07 Å². The molecule has 9 heteroatoms. The third-order valence-electron chi connectivity index (χ3n) is 6.11. The number of aryl methyl sites for hydroxylation is 2. The van der Waals surface area contributed by atoms with E-state index in [0.717, 1.165) is 24.8 Å². The zero-order chi connectivity index (χ0) is 20.6. The molecule has 1 aromatic carbocycles. The molecule has 4 rings (SSSR count). The lowest BCUT2D eigenvalue weighted by molar-refractivity contribution is -0.132. The van der Waals surface area contributed by atoms with Crippen molar-refractivity contribution in [3.05, 3.63) is 29.3 Å². The Balaban J connectivity index is 1.34. The fourth-order valence-electron chi connectivity index (χ4n) is 4.35. The van der Waals surface area contributed by atoms with Crippen molar-refractivity contribution in [2.45, 2.75) is 36.6 Å². The molecular weight excluding hydrogens is 394 g/mol. The fraction of sp³-hybridized carbons (Fsp3) is 0.600. The second kappa shape index (κ2) is 8.04. The van der Waals surface area contributed by atoms with Crippen LogP contribution in [0, 0.1) is 5.92 Å². The van der Waals surface area contributed by atoms with Gasteiger partial charge >= 0.3 is 0 Å². The highest BCUT2D eigenvalue weighted by Crippen LogP contribution is 2.31. The molecule has 0 bridgehead atoms. The lowest BCUT2D eigenvalue weighted by Crippen LogP contribution is -2.61. The van der Waals surface area contributed by atoms with Crippen LogP contribution < -0.4 is 5.32 Å². The van der Waals surface area contributed by atoms with Gasteiger partial charge in [-0.2, -0.15) is 4.31 Å². The summed E-state index contributed by atoms with van der Waals surface area (Å²) in [4.78, 5) is 26.5. The minimum atomic E-state index is -3.55. The number of carbonyl (C=O) groups is 2. The van der Waals surface area contributed by atoms with Crippen molar-refractivity contribution < 1.29 is 22.7 Å². The Bertz CT molecular complexity index is 911. The standard InChI is InChI=1S/C20H27N3O5S/c1-28-8-7-21-20(25)16-10-19(24)23(11-16)17-12-22(13-17)29(26,27)18-6-5-14-3-2-4-15(14)9-18/h5-6,9,16-17H,2-4,7-8,10-13H2,1H3,(H,21,25). The number of nitrogens with one attached hydrogen (secondary N) is 1. The van der Waals surface area contributed by atoms with Crippen molar-refractivity contribution in [3.8, 4) is 0 Å². The predicted octanol–water partition coefficient (Wildman–Crippen LogP) is 0.159. The van der Waals surface area contributed by atoms with Crippen LogP contribution in [0.4, 0.5) is 0 Å². The Hall–Kier alpha value is -1.97. The number of methoxy groups -OCH3 is 1. The summed E-state index contributed by atoms with van der Waals surface area (Å²) in [5.41, 5.74) is 2.36. The summed E-state index contributed by atoms with van der Waals surface area (Å²) in [6, 6.07) is 5.24. The fourth-order valence-corrected chi connectivity index (χ4v) is 5.91. The molecule has 158 valence electrons. The van der Waals surface area contributed by atoms with E-state index in [4.69, 9.17) is 4.74 Å². The second-order valence-corrected chi connectivity index (χ2v) is 9.93. The average molecular weight is 422 g/mol. The van der Waals surface area contributed by atoms with Gasteiger partial charge in [-0.25, -0.2) is 8.42 Å². The second-order valence-electron chi connectivity index (χ2n) is 7.99. The molecule has 1 aliphatic carbocycles. The summed E-state index contributed by atoms with van der Waals surface area (Å²) in [5, 5.41) is 2.77. The largest absolute Gasteiger partial charge is 0.383 e. The molecule has 2 amide bonds. The third kappa shape index (κ3) is 3.91. The summed E-state index contributed by atoms with van der Waals surface area (Å²) < 4.78 is 32.2. The number of benzene rings is 1. The van der Waals surface area contributed by atoms with Crippen molar-refractivity contribution in [2.24, 2.45) is 5.92 Å². The number of sulfonamides is 1. The SMILES string of the molecule is COCCNC(=O)C1CC(=O)N(C2CN(S(=O)(=O)c3ccc4c(c3)CCC4)C2)C1. The van der Waals surface area contributed by atoms with E-state index in [2.05, 4.69) is 5.32 Å². The van der Waals surface area contributed by atoms with Crippen molar-refractivity contribution in [1.82, 2.24) is 14.5 Å². The molecule has 1 aromatic rings. The van der Waals surface area contributed by atoms with E-state index in [0.29, 0.717) is 24.6 Å². The van der Waals surface area contributed by atoms with Crippen LogP contribution in [-0.4, -0.2) is 75.4 Å². The van der Waals surface area contributed by atoms with E-state index in [1.807, 2.05) is 6.07 Å².